The molecule has 0 aliphatic carbocycles. The average Bonchev–Trinajstić information content (AvgIpc) is 2.74. The van der Waals surface area contributed by atoms with Gasteiger partial charge < -0.3 is 15.8 Å². The normalized spacial score (nSPS) is 16.1. The van der Waals surface area contributed by atoms with Crippen molar-refractivity contribution in [3.05, 3.63) is 83.4 Å². The zero-order valence-corrected chi connectivity index (χ0v) is 17.6. The van der Waals surface area contributed by atoms with Gasteiger partial charge in [0.25, 0.3) is 0 Å². The number of anilines is 1. The smallest absolute Gasteiger partial charge is 0.378 e. The lowest BCUT2D eigenvalue weighted by Crippen LogP contribution is -2.55. The summed E-state index contributed by atoms with van der Waals surface area (Å²) in [5, 5.41) is 2.77. The van der Waals surface area contributed by atoms with Gasteiger partial charge in [-0.05, 0) is 53.9 Å². The summed E-state index contributed by atoms with van der Waals surface area (Å²) in [6.07, 6.45) is -3.23. The molecule has 0 unspecified atom stereocenters. The summed E-state index contributed by atoms with van der Waals surface area (Å²) in [7, 11) is 0. The van der Waals surface area contributed by atoms with Crippen LogP contribution in [0.25, 0.3) is 11.1 Å². The molecule has 0 radical (unpaired) electrons. The molecule has 0 saturated carbocycles. The molecule has 1 fully saturated rings. The van der Waals surface area contributed by atoms with Gasteiger partial charge in [0.1, 0.15) is 17.3 Å². The van der Waals surface area contributed by atoms with E-state index in [1.807, 2.05) is 0 Å². The summed E-state index contributed by atoms with van der Waals surface area (Å²) in [5.41, 5.74) is 6.75. The fourth-order valence-electron chi connectivity index (χ4n) is 3.74. The van der Waals surface area contributed by atoms with Crippen molar-refractivity contribution in [1.29, 1.82) is 0 Å². The van der Waals surface area contributed by atoms with Gasteiger partial charge in [0.05, 0.1) is 13.2 Å². The Bertz CT molecular complexity index is 1160. The third-order valence-corrected chi connectivity index (χ3v) is 5.74. The van der Waals surface area contributed by atoms with E-state index in [2.05, 4.69) is 10.3 Å². The van der Waals surface area contributed by atoms with E-state index >= 15 is 0 Å². The highest BCUT2D eigenvalue weighted by molar-refractivity contribution is 6.00. The molecular weight excluding hydrogens is 438 g/mol. The van der Waals surface area contributed by atoms with Crippen LogP contribution >= 0.6 is 0 Å². The Hall–Kier alpha value is -3.30. The number of aryl methyl sites for hydroxylation is 1. The maximum atomic E-state index is 13.3. The Kier molecular flexibility index (Phi) is 5.94. The van der Waals surface area contributed by atoms with Crippen LogP contribution < -0.4 is 11.1 Å². The fraction of sp³-hybridized carbons (Fsp3) is 0.250. The van der Waals surface area contributed by atoms with Gasteiger partial charge in [-0.25, -0.2) is 4.39 Å². The minimum Gasteiger partial charge on any atom is -0.378 e. The summed E-state index contributed by atoms with van der Waals surface area (Å²) in [6, 6.07) is 11.2. The summed E-state index contributed by atoms with van der Waals surface area (Å²) in [6.45, 7) is 1.89. The molecule has 0 spiro atoms. The fourth-order valence-corrected chi connectivity index (χ4v) is 3.74. The van der Waals surface area contributed by atoms with Crippen molar-refractivity contribution in [3.8, 4) is 11.1 Å². The molecule has 0 bridgehead atoms. The maximum absolute atomic E-state index is 13.3. The van der Waals surface area contributed by atoms with Gasteiger partial charge in [0.2, 0.25) is 5.91 Å². The van der Waals surface area contributed by atoms with Gasteiger partial charge in [-0.2, -0.15) is 13.2 Å². The summed E-state index contributed by atoms with van der Waals surface area (Å²) < 4.78 is 58.4. The van der Waals surface area contributed by atoms with Crippen LogP contribution in [0.3, 0.4) is 0 Å². The van der Waals surface area contributed by atoms with E-state index in [0.29, 0.717) is 22.5 Å². The van der Waals surface area contributed by atoms with Gasteiger partial charge in [-0.15, -0.1) is 0 Å². The number of rotatable bonds is 5. The van der Waals surface area contributed by atoms with E-state index < -0.39 is 23.5 Å². The number of pyridine rings is 1. The largest absolute Gasteiger partial charge is 0.407 e. The van der Waals surface area contributed by atoms with Crippen LogP contribution in [0.1, 0.15) is 22.9 Å². The molecule has 2 aromatic carbocycles. The van der Waals surface area contributed by atoms with Crippen molar-refractivity contribution in [3.63, 3.8) is 0 Å². The molecule has 3 aromatic rings. The first-order chi connectivity index (χ1) is 15.6. The van der Waals surface area contributed by atoms with Crippen LogP contribution in [0.4, 0.5) is 23.2 Å². The second-order valence-corrected chi connectivity index (χ2v) is 8.05. The number of benzene rings is 2. The number of halogens is 4. The molecule has 2 heterocycles. The lowest BCUT2D eigenvalue weighted by atomic mass is 9.77. The van der Waals surface area contributed by atoms with E-state index in [-0.39, 0.29) is 30.2 Å². The number of aromatic nitrogens is 1. The predicted molar refractivity (Wildman–Crippen MR) is 115 cm³/mol. The molecule has 3 N–H and O–H groups in total. The molecule has 1 atom stereocenters. The van der Waals surface area contributed by atoms with Crippen LogP contribution in [-0.4, -0.2) is 30.3 Å². The quantitative estimate of drug-likeness (QED) is 0.544. The molecular formula is C24H21F4N3O2. The van der Waals surface area contributed by atoms with Crippen molar-refractivity contribution < 1.29 is 27.1 Å². The Morgan fingerprint density at radius 3 is 2.30 bits per heavy atom. The first-order valence-electron chi connectivity index (χ1n) is 10.1. The van der Waals surface area contributed by atoms with Crippen molar-refractivity contribution in [2.45, 2.75) is 24.6 Å². The number of hydrogen-bond acceptors (Lipinski definition) is 4. The second kappa shape index (κ2) is 8.57. The van der Waals surface area contributed by atoms with Crippen molar-refractivity contribution in [2.24, 2.45) is 5.73 Å². The summed E-state index contributed by atoms with van der Waals surface area (Å²) >= 11 is 0. The van der Waals surface area contributed by atoms with E-state index in [1.165, 1.54) is 36.5 Å². The lowest BCUT2D eigenvalue weighted by Gasteiger charge is -2.40. The molecule has 1 saturated heterocycles. The minimum atomic E-state index is -4.60. The third kappa shape index (κ3) is 4.46. The minimum absolute atomic E-state index is 0.0708. The average molecular weight is 459 g/mol. The van der Waals surface area contributed by atoms with E-state index in [1.54, 1.807) is 31.2 Å². The number of carbonyl (C=O) groups is 1. The number of amides is 1. The molecule has 1 aliphatic rings. The number of nitrogens with one attached hydrogen (secondary N) is 1. The standard InChI is InChI=1S/C24H21F4N3O2/c1-14-10-19(21(29)24(26,27)28)20(11-30-14)15-2-4-16(5-3-15)23(12-33-13-23)22(32)31-18-8-6-17(25)7-9-18/h2-11,21H,12-13,29H2,1H3,(H,31,32)/t21-/m1/s1. The zero-order chi connectivity index (χ0) is 23.8. The number of hydrogen-bond donors (Lipinski definition) is 2. The van der Waals surface area contributed by atoms with E-state index in [0.717, 1.165) is 0 Å². The highest BCUT2D eigenvalue weighted by Gasteiger charge is 2.47. The Morgan fingerprint density at radius 2 is 1.76 bits per heavy atom. The molecule has 9 heteroatoms. The van der Waals surface area contributed by atoms with Crippen molar-refractivity contribution in [2.75, 3.05) is 18.5 Å². The monoisotopic (exact) mass is 459 g/mol. The molecule has 1 amide bonds. The van der Waals surface area contributed by atoms with Gasteiger partial charge in [0, 0.05) is 23.1 Å². The Labute approximate surface area is 187 Å². The van der Waals surface area contributed by atoms with Gasteiger partial charge in [-0.1, -0.05) is 24.3 Å². The molecule has 1 aliphatic heterocycles. The topological polar surface area (TPSA) is 77.2 Å². The third-order valence-electron chi connectivity index (χ3n) is 5.74. The first kappa shape index (κ1) is 22.9. The van der Waals surface area contributed by atoms with Crippen LogP contribution in [0.15, 0.2) is 60.8 Å². The zero-order valence-electron chi connectivity index (χ0n) is 17.6. The van der Waals surface area contributed by atoms with Crippen LogP contribution in [0, 0.1) is 12.7 Å². The van der Waals surface area contributed by atoms with Gasteiger partial charge >= 0.3 is 6.18 Å². The van der Waals surface area contributed by atoms with Gasteiger partial charge in [-0.3, -0.25) is 9.78 Å². The highest BCUT2D eigenvalue weighted by Crippen LogP contribution is 2.38. The first-order valence-corrected chi connectivity index (χ1v) is 10.1. The second-order valence-electron chi connectivity index (χ2n) is 8.05. The molecule has 33 heavy (non-hydrogen) atoms. The van der Waals surface area contributed by atoms with Gasteiger partial charge in [0.15, 0.2) is 0 Å². The van der Waals surface area contributed by atoms with Crippen molar-refractivity contribution >= 4 is 11.6 Å². The van der Waals surface area contributed by atoms with Crippen LogP contribution in [0.5, 0.6) is 0 Å². The highest BCUT2D eigenvalue weighted by atomic mass is 19.4. The lowest BCUT2D eigenvalue weighted by molar-refractivity contribution is -0.149. The van der Waals surface area contributed by atoms with E-state index in [4.69, 9.17) is 10.5 Å². The number of nitrogens with two attached hydrogens (primary N) is 1. The SMILES string of the molecule is Cc1cc([C@@H](N)C(F)(F)F)c(-c2ccc(C3(C(=O)Nc4ccc(F)cc4)COC3)cc2)cn1. The number of ether oxygens (including phenoxy) is 1. The number of carbonyl (C=O) groups excluding carboxylic acids is 1. The van der Waals surface area contributed by atoms with Crippen molar-refractivity contribution in [1.82, 2.24) is 4.98 Å². The Morgan fingerprint density at radius 1 is 1.12 bits per heavy atom. The maximum Gasteiger partial charge on any atom is 0.407 e. The van der Waals surface area contributed by atoms with Crippen LogP contribution in [0.2, 0.25) is 0 Å². The Balaban J connectivity index is 1.63. The summed E-state index contributed by atoms with van der Waals surface area (Å²) in [4.78, 5) is 17.1. The molecule has 1 aromatic heterocycles. The number of alkyl halides is 3. The predicted octanol–water partition coefficient (Wildman–Crippen LogP) is 4.66. The molecule has 4 rings (SSSR count). The molecule has 172 valence electrons. The van der Waals surface area contributed by atoms with E-state index in [9.17, 15) is 22.4 Å². The van der Waals surface area contributed by atoms with Crippen LogP contribution in [-0.2, 0) is 14.9 Å². The molecule has 5 nitrogen and oxygen atoms in total. The number of nitrogens with zero attached hydrogens (tertiary/aromatic N) is 1. The summed E-state index contributed by atoms with van der Waals surface area (Å²) in [5.74, 6) is -0.731.